The van der Waals surface area contributed by atoms with E-state index in [1.807, 2.05) is 0 Å². The molecule has 0 saturated heterocycles. The van der Waals surface area contributed by atoms with Crippen LogP contribution in [0.2, 0.25) is 10.0 Å². The van der Waals surface area contributed by atoms with Gasteiger partial charge in [-0.25, -0.2) is 9.59 Å². The van der Waals surface area contributed by atoms with Crippen LogP contribution in [0.4, 0.5) is 26.7 Å². The number of halogens is 7. The lowest BCUT2D eigenvalue weighted by Gasteiger charge is -2.23. The van der Waals surface area contributed by atoms with Crippen LogP contribution in [-0.2, 0) is 16.0 Å². The smallest absolute Gasteiger partial charge is 0.453 e. The van der Waals surface area contributed by atoms with E-state index in [9.17, 15) is 36.6 Å². The molecule has 0 heterocycles. The van der Waals surface area contributed by atoms with Gasteiger partial charge in [-0.3, -0.25) is 0 Å². The number of carbonyl (C=O) groups is 2. The summed E-state index contributed by atoms with van der Waals surface area (Å²) in [5.74, 6) is -5.55. The Balaban J connectivity index is 1.99. The predicted octanol–water partition coefficient (Wildman–Crippen LogP) is 7.27. The molecule has 1 unspecified atom stereocenters. The highest BCUT2D eigenvalue weighted by Crippen LogP contribution is 2.39. The van der Waals surface area contributed by atoms with Gasteiger partial charge in [0.05, 0.1) is 11.6 Å². The van der Waals surface area contributed by atoms with Crippen LogP contribution in [0.5, 0.6) is 11.5 Å². The Kier molecular flexibility index (Phi) is 12.7. The average molecular weight is 616 g/mol. The van der Waals surface area contributed by atoms with Gasteiger partial charge in [-0.2, -0.15) is 22.0 Å². The minimum atomic E-state index is -5.65. The van der Waals surface area contributed by atoms with Gasteiger partial charge in [-0.15, -0.1) is 0 Å². The molecule has 1 atom stereocenters. The van der Waals surface area contributed by atoms with Gasteiger partial charge < -0.3 is 24.2 Å². The number of carboxylic acid groups (broad SMARTS) is 1. The van der Waals surface area contributed by atoms with E-state index in [0.717, 1.165) is 4.90 Å². The molecule has 40 heavy (non-hydrogen) atoms. The Morgan fingerprint density at radius 1 is 1.00 bits per heavy atom. The first-order valence-electron chi connectivity index (χ1n) is 12.2. The number of carbonyl (C=O) groups excluding carboxylic acids is 1. The van der Waals surface area contributed by atoms with Crippen molar-refractivity contribution in [2.75, 3.05) is 26.3 Å². The van der Waals surface area contributed by atoms with Gasteiger partial charge in [0, 0.05) is 31.0 Å². The highest BCUT2D eigenvalue weighted by molar-refractivity contribution is 6.35. The maximum Gasteiger partial charge on any atom is 0.453 e. The number of ether oxygens (including phenoxy) is 3. The third-order valence-electron chi connectivity index (χ3n) is 5.55. The lowest BCUT2D eigenvalue weighted by molar-refractivity contribution is -0.284. The molecule has 0 aromatic heterocycles. The number of hydrogen-bond donors (Lipinski definition) is 1. The zero-order valence-electron chi connectivity index (χ0n) is 21.4. The molecule has 0 bridgehead atoms. The van der Waals surface area contributed by atoms with Crippen LogP contribution in [0.1, 0.15) is 31.7 Å². The quantitative estimate of drug-likeness (QED) is 0.167. The van der Waals surface area contributed by atoms with E-state index in [1.54, 1.807) is 31.2 Å². The van der Waals surface area contributed by atoms with Crippen molar-refractivity contribution in [3.63, 3.8) is 0 Å². The molecule has 7 nitrogen and oxygen atoms in total. The van der Waals surface area contributed by atoms with Crippen LogP contribution in [-0.4, -0.2) is 66.6 Å². The molecule has 0 aliphatic carbocycles. The maximum atomic E-state index is 13.2. The molecule has 0 aliphatic rings. The number of amides is 1. The first kappa shape index (κ1) is 33.4. The summed E-state index contributed by atoms with van der Waals surface area (Å²) in [6, 6.07) is 10.6. The Morgan fingerprint density at radius 2 is 1.68 bits per heavy atom. The average Bonchev–Trinajstić information content (AvgIpc) is 2.87. The number of nitrogens with zero attached hydrogens (tertiary/aromatic N) is 1. The lowest BCUT2D eigenvalue weighted by atomic mass is 10.1. The molecular formula is C26H28Cl2F5NO6. The van der Waals surface area contributed by atoms with Crippen molar-refractivity contribution >= 4 is 35.3 Å². The molecule has 1 N–H and O–H groups in total. The monoisotopic (exact) mass is 615 g/mol. The third kappa shape index (κ3) is 10.6. The van der Waals surface area contributed by atoms with E-state index in [-0.39, 0.29) is 49.9 Å². The predicted molar refractivity (Wildman–Crippen MR) is 138 cm³/mol. The molecule has 0 saturated carbocycles. The third-order valence-corrected chi connectivity index (χ3v) is 6.08. The molecule has 14 heteroatoms. The maximum absolute atomic E-state index is 13.2. The van der Waals surface area contributed by atoms with Crippen molar-refractivity contribution in [1.82, 2.24) is 4.90 Å². The molecule has 2 rings (SSSR count). The van der Waals surface area contributed by atoms with Gasteiger partial charge in [-0.1, -0.05) is 35.3 Å². The van der Waals surface area contributed by atoms with Crippen molar-refractivity contribution in [3.8, 4) is 11.5 Å². The second kappa shape index (κ2) is 15.2. The van der Waals surface area contributed by atoms with Crippen molar-refractivity contribution in [2.45, 2.75) is 50.8 Å². The molecule has 2 aromatic rings. The van der Waals surface area contributed by atoms with Crippen LogP contribution in [0, 0.1) is 0 Å². The highest BCUT2D eigenvalue weighted by atomic mass is 35.5. The Hall–Kier alpha value is -2.83. The zero-order valence-corrected chi connectivity index (χ0v) is 22.9. The fourth-order valence-corrected chi connectivity index (χ4v) is 3.88. The van der Waals surface area contributed by atoms with E-state index >= 15 is 0 Å². The molecule has 0 radical (unpaired) electrons. The summed E-state index contributed by atoms with van der Waals surface area (Å²) in [6.07, 6.45) is -9.50. The van der Waals surface area contributed by atoms with Crippen molar-refractivity contribution in [1.29, 1.82) is 0 Å². The van der Waals surface area contributed by atoms with Crippen molar-refractivity contribution < 1.29 is 50.9 Å². The molecule has 0 spiro atoms. The van der Waals surface area contributed by atoms with E-state index in [4.69, 9.17) is 37.4 Å². The topological polar surface area (TPSA) is 85.3 Å². The fraction of sp³-hybridized carbons (Fsp3) is 0.462. The minimum Gasteiger partial charge on any atom is -0.492 e. The van der Waals surface area contributed by atoms with Crippen LogP contribution in [0.25, 0.3) is 0 Å². The van der Waals surface area contributed by atoms with Crippen molar-refractivity contribution in [3.05, 3.63) is 58.1 Å². The molecule has 0 fully saturated rings. The number of alkyl halides is 5. The number of carboxylic acids is 1. The Bertz CT molecular complexity index is 1120. The van der Waals surface area contributed by atoms with E-state index in [1.165, 1.54) is 18.2 Å². The molecule has 2 aromatic carbocycles. The number of aliphatic carboxylic acids is 1. The summed E-state index contributed by atoms with van der Waals surface area (Å²) in [4.78, 5) is 25.1. The Labute approximate surface area is 237 Å². The first-order valence-corrected chi connectivity index (χ1v) is 12.9. The SMILES string of the molecule is CCOC(Cc1ccc(OCCN(CCCCC(F)(F)C(F)(F)F)C(=O)Oc2ccc(Cl)cc2Cl)cc1)C(=O)O. The second-order valence-electron chi connectivity index (χ2n) is 8.57. The molecule has 0 aliphatic heterocycles. The standard InChI is InChI=1S/C26H28Cl2F5NO6/c1-2-38-22(23(35)36)15-17-5-8-19(9-6-17)39-14-13-34(12-4-3-11-25(29,30)26(31,32)33)24(37)40-21-10-7-18(27)16-20(21)28/h5-10,16,22H,2-4,11-15H2,1H3,(H,35,36). The van der Waals surface area contributed by atoms with Crippen LogP contribution in [0.3, 0.4) is 0 Å². The van der Waals surface area contributed by atoms with Gasteiger partial charge in [0.1, 0.15) is 12.4 Å². The largest absolute Gasteiger partial charge is 0.492 e. The molecule has 1 amide bonds. The molecule has 222 valence electrons. The summed E-state index contributed by atoms with van der Waals surface area (Å²) in [7, 11) is 0. The summed E-state index contributed by atoms with van der Waals surface area (Å²) >= 11 is 11.9. The summed E-state index contributed by atoms with van der Waals surface area (Å²) in [6.45, 7) is 1.58. The first-order chi connectivity index (χ1) is 18.7. The minimum absolute atomic E-state index is 0.0205. The van der Waals surface area contributed by atoms with Crippen LogP contribution in [0.15, 0.2) is 42.5 Å². The number of rotatable bonds is 15. The van der Waals surface area contributed by atoms with E-state index in [2.05, 4.69) is 0 Å². The van der Waals surface area contributed by atoms with Gasteiger partial charge in [0.2, 0.25) is 0 Å². The molecular weight excluding hydrogens is 588 g/mol. The lowest BCUT2D eigenvalue weighted by Crippen LogP contribution is -2.38. The van der Waals surface area contributed by atoms with Gasteiger partial charge in [-0.05, 0) is 55.7 Å². The van der Waals surface area contributed by atoms with Gasteiger partial charge >= 0.3 is 24.2 Å². The highest BCUT2D eigenvalue weighted by Gasteiger charge is 2.56. The normalized spacial score (nSPS) is 12.6. The van der Waals surface area contributed by atoms with Gasteiger partial charge in [0.15, 0.2) is 11.9 Å². The fourth-order valence-electron chi connectivity index (χ4n) is 3.43. The van der Waals surface area contributed by atoms with Gasteiger partial charge in [0.25, 0.3) is 0 Å². The van der Waals surface area contributed by atoms with Crippen LogP contribution < -0.4 is 9.47 Å². The summed E-state index contributed by atoms with van der Waals surface area (Å²) < 4.78 is 79.9. The number of unbranched alkanes of at least 4 members (excludes halogenated alkanes) is 1. The number of benzene rings is 2. The zero-order chi connectivity index (χ0) is 29.9. The Morgan fingerprint density at radius 3 is 2.25 bits per heavy atom. The second-order valence-corrected chi connectivity index (χ2v) is 9.41. The van der Waals surface area contributed by atoms with Crippen molar-refractivity contribution in [2.24, 2.45) is 0 Å². The van der Waals surface area contributed by atoms with E-state index < -0.39 is 43.1 Å². The summed E-state index contributed by atoms with van der Waals surface area (Å²) in [5.41, 5.74) is 0.689. The number of hydrogen-bond acceptors (Lipinski definition) is 5. The van der Waals surface area contributed by atoms with Crippen LogP contribution >= 0.6 is 23.2 Å². The van der Waals surface area contributed by atoms with E-state index in [0.29, 0.717) is 16.3 Å². The summed E-state index contributed by atoms with van der Waals surface area (Å²) in [5, 5.41) is 9.55.